The van der Waals surface area contributed by atoms with E-state index in [4.69, 9.17) is 4.42 Å². The molecule has 0 aliphatic carbocycles. The Hall–Kier alpha value is -4.25. The van der Waals surface area contributed by atoms with Crippen molar-refractivity contribution < 1.29 is 19.1 Å². The SMILES string of the molecule is O=C(C1=C(O)C(=O)N(c2nnc(SCc3cccc4ccccc34)s2)C1c1cccc(Br)c1)c1cc2ccccc2o1. The summed E-state index contributed by atoms with van der Waals surface area (Å²) < 4.78 is 7.24. The zero-order valence-corrected chi connectivity index (χ0v) is 24.9. The normalized spacial score (nSPS) is 15.3. The van der Waals surface area contributed by atoms with Crippen molar-refractivity contribution in [1.29, 1.82) is 0 Å². The summed E-state index contributed by atoms with van der Waals surface area (Å²) >= 11 is 6.25. The highest BCUT2D eigenvalue weighted by Gasteiger charge is 2.46. The molecule has 2 aromatic heterocycles. The summed E-state index contributed by atoms with van der Waals surface area (Å²) in [6, 6.07) is 29.6. The first-order valence-electron chi connectivity index (χ1n) is 13.0. The predicted octanol–water partition coefficient (Wildman–Crippen LogP) is 8.28. The van der Waals surface area contributed by atoms with E-state index < -0.39 is 23.5 Å². The molecule has 3 heterocycles. The van der Waals surface area contributed by atoms with Crippen LogP contribution in [0.3, 0.4) is 0 Å². The molecule has 10 heteroatoms. The lowest BCUT2D eigenvalue weighted by atomic mass is 9.95. The van der Waals surface area contributed by atoms with Crippen LogP contribution in [-0.2, 0) is 10.5 Å². The fraction of sp³-hybridized carbons (Fsp3) is 0.0625. The van der Waals surface area contributed by atoms with E-state index in [0.29, 0.717) is 21.2 Å². The molecule has 0 spiro atoms. The van der Waals surface area contributed by atoms with Crippen LogP contribution in [0.25, 0.3) is 21.7 Å². The number of amides is 1. The Morgan fingerprint density at radius 2 is 1.71 bits per heavy atom. The van der Waals surface area contributed by atoms with Crippen LogP contribution in [0.1, 0.15) is 27.7 Å². The van der Waals surface area contributed by atoms with Crippen LogP contribution in [-0.4, -0.2) is 27.0 Å². The van der Waals surface area contributed by atoms with E-state index in [-0.39, 0.29) is 16.5 Å². The molecule has 0 fully saturated rings. The molecule has 0 saturated heterocycles. The van der Waals surface area contributed by atoms with Gasteiger partial charge in [0, 0.05) is 15.6 Å². The number of ketones is 1. The van der Waals surface area contributed by atoms with Crippen molar-refractivity contribution in [3.8, 4) is 0 Å². The van der Waals surface area contributed by atoms with E-state index in [2.05, 4.69) is 50.4 Å². The first-order valence-corrected chi connectivity index (χ1v) is 15.6. The minimum atomic E-state index is -0.931. The number of hydrogen-bond acceptors (Lipinski definition) is 8. The molecule has 1 aliphatic rings. The molecule has 42 heavy (non-hydrogen) atoms. The number of thioether (sulfide) groups is 1. The Balaban J connectivity index is 1.23. The number of aromatic nitrogens is 2. The molecule has 0 radical (unpaired) electrons. The van der Waals surface area contributed by atoms with Gasteiger partial charge in [-0.05, 0) is 46.2 Å². The topological polar surface area (TPSA) is 96.5 Å². The second kappa shape index (κ2) is 10.9. The van der Waals surface area contributed by atoms with Crippen LogP contribution in [0.15, 0.2) is 122 Å². The van der Waals surface area contributed by atoms with E-state index in [0.717, 1.165) is 20.8 Å². The van der Waals surface area contributed by atoms with Crippen molar-refractivity contribution in [3.05, 3.63) is 130 Å². The predicted molar refractivity (Wildman–Crippen MR) is 168 cm³/mol. The van der Waals surface area contributed by atoms with Gasteiger partial charge in [-0.15, -0.1) is 10.2 Å². The Morgan fingerprint density at radius 1 is 0.952 bits per heavy atom. The fourth-order valence-electron chi connectivity index (χ4n) is 5.17. The summed E-state index contributed by atoms with van der Waals surface area (Å²) in [7, 11) is 0. The highest BCUT2D eigenvalue weighted by Crippen LogP contribution is 2.44. The maximum Gasteiger partial charge on any atom is 0.296 e. The number of aliphatic hydroxyl groups is 1. The van der Waals surface area contributed by atoms with Gasteiger partial charge in [0.15, 0.2) is 15.9 Å². The van der Waals surface area contributed by atoms with Crippen molar-refractivity contribution in [3.63, 3.8) is 0 Å². The average molecular weight is 655 g/mol. The molecule has 0 saturated carbocycles. The first-order chi connectivity index (χ1) is 20.5. The van der Waals surface area contributed by atoms with Crippen LogP contribution in [0.5, 0.6) is 0 Å². The monoisotopic (exact) mass is 653 g/mol. The number of aliphatic hydroxyl groups excluding tert-OH is 1. The second-order valence-corrected chi connectivity index (χ2v) is 12.7. The molecule has 1 atom stereocenters. The van der Waals surface area contributed by atoms with Crippen LogP contribution < -0.4 is 4.90 Å². The zero-order valence-electron chi connectivity index (χ0n) is 21.7. The van der Waals surface area contributed by atoms with Gasteiger partial charge in [-0.25, -0.2) is 0 Å². The lowest BCUT2D eigenvalue weighted by molar-refractivity contribution is -0.117. The number of benzene rings is 4. The summed E-state index contributed by atoms with van der Waals surface area (Å²) in [6.07, 6.45) is 0. The highest BCUT2D eigenvalue weighted by molar-refractivity contribution is 9.10. The molecule has 0 bridgehead atoms. The quantitative estimate of drug-likeness (QED) is 0.105. The number of halogens is 1. The van der Waals surface area contributed by atoms with Crippen LogP contribution in [0, 0.1) is 0 Å². The van der Waals surface area contributed by atoms with E-state index in [1.807, 2.05) is 54.6 Å². The number of rotatable bonds is 7. The minimum Gasteiger partial charge on any atom is -0.503 e. The maximum absolute atomic E-state index is 13.9. The smallest absolute Gasteiger partial charge is 0.296 e. The van der Waals surface area contributed by atoms with Gasteiger partial charge < -0.3 is 9.52 Å². The van der Waals surface area contributed by atoms with Gasteiger partial charge in [-0.3, -0.25) is 14.5 Å². The van der Waals surface area contributed by atoms with Gasteiger partial charge in [0.1, 0.15) is 5.58 Å². The van der Waals surface area contributed by atoms with Gasteiger partial charge in [-0.2, -0.15) is 0 Å². The van der Waals surface area contributed by atoms with Crippen molar-refractivity contribution in [2.45, 2.75) is 16.1 Å². The van der Waals surface area contributed by atoms with Gasteiger partial charge in [0.25, 0.3) is 5.91 Å². The molecular formula is C32H20BrN3O4S2. The molecule has 1 aliphatic heterocycles. The number of nitrogens with zero attached hydrogens (tertiary/aromatic N) is 3. The van der Waals surface area contributed by atoms with E-state index >= 15 is 0 Å². The zero-order chi connectivity index (χ0) is 28.8. The number of para-hydroxylation sites is 1. The average Bonchev–Trinajstić information content (AvgIpc) is 3.72. The third-order valence-electron chi connectivity index (χ3n) is 7.10. The molecule has 1 amide bonds. The van der Waals surface area contributed by atoms with Gasteiger partial charge >= 0.3 is 0 Å². The number of carbonyl (C=O) groups excluding carboxylic acids is 2. The van der Waals surface area contributed by atoms with E-state index in [1.54, 1.807) is 18.2 Å². The van der Waals surface area contributed by atoms with Crippen molar-refractivity contribution in [1.82, 2.24) is 10.2 Å². The minimum absolute atomic E-state index is 0.0380. The largest absolute Gasteiger partial charge is 0.503 e. The molecule has 1 unspecified atom stereocenters. The summed E-state index contributed by atoms with van der Waals surface area (Å²) in [5.41, 5.74) is 2.26. The number of anilines is 1. The van der Waals surface area contributed by atoms with Crippen molar-refractivity contribution in [2.75, 3.05) is 4.90 Å². The standard InChI is InChI=1S/C32H20BrN3O4S2/c33-22-12-6-10-20(15-22)27-26(28(37)25-16-19-8-2-4-14-24(19)40-25)29(38)30(39)36(27)31-34-35-32(42-31)41-17-21-11-5-9-18-7-1-3-13-23(18)21/h1-16,27,38H,17H2. The number of hydrogen-bond donors (Lipinski definition) is 1. The summed E-state index contributed by atoms with van der Waals surface area (Å²) in [6.45, 7) is 0. The van der Waals surface area contributed by atoms with Crippen molar-refractivity contribution >= 4 is 77.6 Å². The number of fused-ring (bicyclic) bond motifs is 2. The van der Waals surface area contributed by atoms with Gasteiger partial charge in [0.05, 0.1) is 11.6 Å². The number of Topliss-reactive ketones (excluding diaryl/α,β-unsaturated/α-hetero) is 1. The summed E-state index contributed by atoms with van der Waals surface area (Å²) in [4.78, 5) is 28.8. The Labute approximate surface area is 256 Å². The molecule has 7 rings (SSSR count). The third kappa shape index (κ3) is 4.71. The lowest BCUT2D eigenvalue weighted by Crippen LogP contribution is -2.31. The summed E-state index contributed by atoms with van der Waals surface area (Å²) in [5.74, 6) is -1.22. The molecule has 7 nitrogen and oxygen atoms in total. The van der Waals surface area contributed by atoms with E-state index in [1.165, 1.54) is 33.4 Å². The molecule has 6 aromatic rings. The van der Waals surface area contributed by atoms with Gasteiger partial charge in [0.2, 0.25) is 10.9 Å². The molecule has 4 aromatic carbocycles. The Kier molecular flexibility index (Phi) is 6.89. The molecular weight excluding hydrogens is 634 g/mol. The Morgan fingerprint density at radius 3 is 2.55 bits per heavy atom. The number of furan rings is 1. The lowest BCUT2D eigenvalue weighted by Gasteiger charge is -2.24. The van der Waals surface area contributed by atoms with Crippen molar-refractivity contribution in [2.24, 2.45) is 0 Å². The maximum atomic E-state index is 13.9. The first kappa shape index (κ1) is 26.6. The van der Waals surface area contributed by atoms with Crippen LogP contribution >= 0.6 is 39.0 Å². The second-order valence-electron chi connectivity index (χ2n) is 9.65. The van der Waals surface area contributed by atoms with Crippen LogP contribution in [0.2, 0.25) is 0 Å². The fourth-order valence-corrected chi connectivity index (χ4v) is 7.46. The summed E-state index contributed by atoms with van der Waals surface area (Å²) in [5, 5.41) is 23.2. The Bertz CT molecular complexity index is 2010. The van der Waals surface area contributed by atoms with E-state index in [9.17, 15) is 14.7 Å². The van der Waals surface area contributed by atoms with Crippen LogP contribution in [0.4, 0.5) is 5.13 Å². The van der Waals surface area contributed by atoms with Gasteiger partial charge in [-0.1, -0.05) is 112 Å². The highest BCUT2D eigenvalue weighted by atomic mass is 79.9. The third-order valence-corrected chi connectivity index (χ3v) is 9.70. The number of carbonyl (C=O) groups is 2. The molecule has 206 valence electrons. The molecule has 1 N–H and O–H groups in total.